The minimum absolute atomic E-state index is 0.0158. The SMILES string of the molecule is CC(C)C(C)(CN)NC(=O)c1cn(-c2ccc(C(F)(F)F)cn2)nn1. The minimum atomic E-state index is -4.47. The molecule has 0 aliphatic carbocycles. The molecule has 0 radical (unpaired) electrons. The van der Waals surface area contributed by atoms with Crippen LogP contribution in [0.3, 0.4) is 0 Å². The number of pyridine rings is 1. The third-order valence-electron chi connectivity index (χ3n) is 4.13. The van der Waals surface area contributed by atoms with Crippen LogP contribution < -0.4 is 11.1 Å². The van der Waals surface area contributed by atoms with Gasteiger partial charge in [-0.1, -0.05) is 19.1 Å². The van der Waals surface area contributed by atoms with Crippen molar-refractivity contribution in [3.63, 3.8) is 0 Å². The van der Waals surface area contributed by atoms with Gasteiger partial charge in [0.1, 0.15) is 0 Å². The highest BCUT2D eigenvalue weighted by Gasteiger charge is 2.31. The Balaban J connectivity index is 2.18. The number of aromatic nitrogens is 4. The Bertz CT molecular complexity index is 740. The van der Waals surface area contributed by atoms with Crippen LogP contribution >= 0.6 is 0 Å². The van der Waals surface area contributed by atoms with Gasteiger partial charge in [0.05, 0.1) is 17.3 Å². The lowest BCUT2D eigenvalue weighted by atomic mass is 9.88. The second-order valence-corrected chi connectivity index (χ2v) is 6.18. The van der Waals surface area contributed by atoms with E-state index in [4.69, 9.17) is 5.73 Å². The molecule has 1 amide bonds. The maximum absolute atomic E-state index is 12.6. The molecule has 0 fully saturated rings. The summed E-state index contributed by atoms with van der Waals surface area (Å²) < 4.78 is 38.8. The lowest BCUT2D eigenvalue weighted by Gasteiger charge is -2.33. The molecule has 1 atom stereocenters. The molecule has 25 heavy (non-hydrogen) atoms. The van der Waals surface area contributed by atoms with Crippen LogP contribution in [0, 0.1) is 5.92 Å². The van der Waals surface area contributed by atoms with Crippen LogP contribution in [-0.4, -0.2) is 38.0 Å². The molecule has 0 bridgehead atoms. The second-order valence-electron chi connectivity index (χ2n) is 6.18. The van der Waals surface area contributed by atoms with E-state index < -0.39 is 23.2 Å². The highest BCUT2D eigenvalue weighted by molar-refractivity contribution is 5.92. The molecular formula is C15H19F3N6O. The third-order valence-corrected chi connectivity index (χ3v) is 4.13. The molecule has 7 nitrogen and oxygen atoms in total. The Morgan fingerprint density at radius 2 is 2.04 bits per heavy atom. The summed E-state index contributed by atoms with van der Waals surface area (Å²) >= 11 is 0. The molecule has 0 aromatic carbocycles. The van der Waals surface area contributed by atoms with E-state index in [1.165, 1.54) is 6.20 Å². The molecule has 2 aromatic heterocycles. The van der Waals surface area contributed by atoms with Crippen LogP contribution in [0.4, 0.5) is 13.2 Å². The normalized spacial score (nSPS) is 14.4. The van der Waals surface area contributed by atoms with Gasteiger partial charge in [0, 0.05) is 12.7 Å². The van der Waals surface area contributed by atoms with Gasteiger partial charge in [-0.15, -0.1) is 5.10 Å². The number of hydrogen-bond acceptors (Lipinski definition) is 5. The van der Waals surface area contributed by atoms with Gasteiger partial charge in [0.2, 0.25) is 0 Å². The minimum Gasteiger partial charge on any atom is -0.344 e. The summed E-state index contributed by atoms with van der Waals surface area (Å²) in [7, 11) is 0. The molecule has 0 spiro atoms. The summed E-state index contributed by atoms with van der Waals surface area (Å²) in [5, 5.41) is 10.3. The summed E-state index contributed by atoms with van der Waals surface area (Å²) in [6, 6.07) is 2.03. The maximum atomic E-state index is 12.6. The Morgan fingerprint density at radius 1 is 1.36 bits per heavy atom. The van der Waals surface area contributed by atoms with Crippen molar-refractivity contribution in [2.24, 2.45) is 11.7 Å². The first-order valence-electron chi connectivity index (χ1n) is 7.55. The molecule has 1 unspecified atom stereocenters. The van der Waals surface area contributed by atoms with E-state index in [1.54, 1.807) is 0 Å². The van der Waals surface area contributed by atoms with E-state index in [-0.39, 0.29) is 24.0 Å². The predicted octanol–water partition coefficient (Wildman–Crippen LogP) is 1.78. The van der Waals surface area contributed by atoms with Crippen molar-refractivity contribution < 1.29 is 18.0 Å². The van der Waals surface area contributed by atoms with Crippen molar-refractivity contribution in [1.82, 2.24) is 25.3 Å². The predicted molar refractivity (Wildman–Crippen MR) is 83.9 cm³/mol. The number of carbonyl (C=O) groups is 1. The molecular weight excluding hydrogens is 337 g/mol. The Morgan fingerprint density at radius 3 is 2.52 bits per heavy atom. The van der Waals surface area contributed by atoms with Crippen LogP contribution in [0.1, 0.15) is 36.8 Å². The highest BCUT2D eigenvalue weighted by atomic mass is 19.4. The van der Waals surface area contributed by atoms with Crippen molar-refractivity contribution in [3.8, 4) is 5.82 Å². The molecule has 2 heterocycles. The second kappa shape index (κ2) is 6.79. The van der Waals surface area contributed by atoms with Crippen molar-refractivity contribution >= 4 is 5.91 Å². The Kier molecular flexibility index (Phi) is 5.12. The van der Waals surface area contributed by atoms with Gasteiger partial charge in [-0.3, -0.25) is 4.79 Å². The van der Waals surface area contributed by atoms with E-state index in [1.807, 2.05) is 20.8 Å². The number of hydrogen-bond donors (Lipinski definition) is 2. The number of carbonyl (C=O) groups excluding carboxylic acids is 1. The van der Waals surface area contributed by atoms with E-state index in [0.29, 0.717) is 6.20 Å². The molecule has 10 heteroatoms. The van der Waals surface area contributed by atoms with Gasteiger partial charge in [-0.2, -0.15) is 13.2 Å². The van der Waals surface area contributed by atoms with Crippen molar-refractivity contribution in [1.29, 1.82) is 0 Å². The summed E-state index contributed by atoms with van der Waals surface area (Å²) in [5.41, 5.74) is 4.25. The Labute approximate surface area is 142 Å². The van der Waals surface area contributed by atoms with Crippen molar-refractivity contribution in [2.45, 2.75) is 32.5 Å². The van der Waals surface area contributed by atoms with E-state index in [0.717, 1.165) is 16.8 Å². The number of nitrogens with one attached hydrogen (secondary N) is 1. The van der Waals surface area contributed by atoms with Gasteiger partial charge in [0.15, 0.2) is 11.5 Å². The fourth-order valence-corrected chi connectivity index (χ4v) is 1.92. The molecule has 2 rings (SSSR count). The van der Waals surface area contributed by atoms with Crippen molar-refractivity contribution in [3.05, 3.63) is 35.8 Å². The van der Waals surface area contributed by atoms with Crippen LogP contribution in [0.25, 0.3) is 5.82 Å². The summed E-state index contributed by atoms with van der Waals surface area (Å²) in [6.07, 6.45) is -2.48. The average molecular weight is 356 g/mol. The standard InChI is InChI=1S/C15H19F3N6O/c1-9(2)14(3,8-19)21-13(25)11-7-24(23-22-11)12-5-4-10(6-20-12)15(16,17)18/h4-7,9H,8,19H2,1-3H3,(H,21,25). The molecule has 0 aliphatic rings. The molecule has 0 saturated heterocycles. The topological polar surface area (TPSA) is 98.7 Å². The van der Waals surface area contributed by atoms with Gasteiger partial charge in [-0.25, -0.2) is 9.67 Å². The van der Waals surface area contributed by atoms with Crippen molar-refractivity contribution in [2.75, 3.05) is 6.54 Å². The van der Waals surface area contributed by atoms with Gasteiger partial charge >= 0.3 is 6.18 Å². The van der Waals surface area contributed by atoms with Crippen LogP contribution in [0.15, 0.2) is 24.5 Å². The van der Waals surface area contributed by atoms with Gasteiger partial charge in [-0.05, 0) is 25.0 Å². The number of alkyl halides is 3. The van der Waals surface area contributed by atoms with E-state index in [9.17, 15) is 18.0 Å². The first kappa shape index (κ1) is 18.8. The molecule has 0 saturated carbocycles. The molecule has 2 aromatic rings. The first-order chi connectivity index (χ1) is 11.6. The zero-order valence-electron chi connectivity index (χ0n) is 14.0. The number of amides is 1. The lowest BCUT2D eigenvalue weighted by Crippen LogP contribution is -2.55. The maximum Gasteiger partial charge on any atom is 0.417 e. The average Bonchev–Trinajstić information content (AvgIpc) is 3.04. The van der Waals surface area contributed by atoms with Crippen LogP contribution in [0.2, 0.25) is 0 Å². The first-order valence-corrected chi connectivity index (χ1v) is 7.55. The summed E-state index contributed by atoms with van der Waals surface area (Å²) in [4.78, 5) is 16.0. The fourth-order valence-electron chi connectivity index (χ4n) is 1.92. The van der Waals surface area contributed by atoms with Crippen LogP contribution in [0.5, 0.6) is 0 Å². The summed E-state index contributed by atoms with van der Waals surface area (Å²) in [6.45, 7) is 5.91. The quantitative estimate of drug-likeness (QED) is 0.851. The monoisotopic (exact) mass is 356 g/mol. The third kappa shape index (κ3) is 4.13. The number of nitrogens with zero attached hydrogens (tertiary/aromatic N) is 4. The lowest BCUT2D eigenvalue weighted by molar-refractivity contribution is -0.137. The summed E-state index contributed by atoms with van der Waals surface area (Å²) in [5.74, 6) is -0.266. The van der Waals surface area contributed by atoms with E-state index >= 15 is 0 Å². The molecule has 0 aliphatic heterocycles. The Hall–Kier alpha value is -2.49. The number of rotatable bonds is 5. The number of halogens is 3. The van der Waals surface area contributed by atoms with Crippen LogP contribution in [-0.2, 0) is 6.18 Å². The largest absolute Gasteiger partial charge is 0.417 e. The fraction of sp³-hybridized carbons (Fsp3) is 0.467. The zero-order chi connectivity index (χ0) is 18.8. The number of nitrogens with two attached hydrogens (primary N) is 1. The van der Waals surface area contributed by atoms with Gasteiger partial charge in [0.25, 0.3) is 5.91 Å². The zero-order valence-corrected chi connectivity index (χ0v) is 14.0. The highest BCUT2D eigenvalue weighted by Crippen LogP contribution is 2.28. The molecule has 3 N–H and O–H groups in total. The smallest absolute Gasteiger partial charge is 0.344 e. The van der Waals surface area contributed by atoms with E-state index in [2.05, 4.69) is 20.6 Å². The molecule has 136 valence electrons. The van der Waals surface area contributed by atoms with Gasteiger partial charge < -0.3 is 11.1 Å².